The zero-order valence-electron chi connectivity index (χ0n) is 19.3. The predicted octanol–water partition coefficient (Wildman–Crippen LogP) is 5.63. The number of H-pyrrole nitrogens is 1. The number of carbonyl (C=O) groups is 1. The first kappa shape index (κ1) is 21.8. The highest BCUT2D eigenvalue weighted by atomic mass is 16.5. The summed E-state index contributed by atoms with van der Waals surface area (Å²) in [7, 11) is 0. The fourth-order valence-electron chi connectivity index (χ4n) is 4.53. The van der Waals surface area contributed by atoms with Gasteiger partial charge < -0.3 is 15.0 Å². The largest absolute Gasteiger partial charge is 0.376 e. The lowest BCUT2D eigenvalue weighted by Gasteiger charge is -2.35. The van der Waals surface area contributed by atoms with Crippen LogP contribution in [0.25, 0.3) is 5.57 Å². The molecule has 0 aromatic carbocycles. The smallest absolute Gasteiger partial charge is 0.291 e. The van der Waals surface area contributed by atoms with Gasteiger partial charge >= 0.3 is 0 Å². The third-order valence-corrected chi connectivity index (χ3v) is 6.48. The van der Waals surface area contributed by atoms with Crippen molar-refractivity contribution in [1.82, 2.24) is 15.0 Å². The Morgan fingerprint density at radius 2 is 2.03 bits per heavy atom. The number of hydrogen-bond donors (Lipinski definition) is 2. The molecule has 6 heteroatoms. The zero-order valence-corrected chi connectivity index (χ0v) is 19.3. The van der Waals surface area contributed by atoms with Gasteiger partial charge in [0.05, 0.1) is 22.7 Å². The van der Waals surface area contributed by atoms with E-state index in [0.29, 0.717) is 17.2 Å². The van der Waals surface area contributed by atoms with Crippen LogP contribution in [-0.4, -0.2) is 33.1 Å². The van der Waals surface area contributed by atoms with Gasteiger partial charge in [0.2, 0.25) is 0 Å². The van der Waals surface area contributed by atoms with E-state index in [2.05, 4.69) is 55.1 Å². The van der Waals surface area contributed by atoms with Crippen molar-refractivity contribution in [3.05, 3.63) is 47.3 Å². The van der Waals surface area contributed by atoms with Crippen LogP contribution in [0.3, 0.4) is 0 Å². The summed E-state index contributed by atoms with van der Waals surface area (Å²) < 4.78 is 5.91. The molecule has 0 saturated carbocycles. The Balaban J connectivity index is 1.67. The summed E-state index contributed by atoms with van der Waals surface area (Å²) in [6.45, 7) is 11.5. The summed E-state index contributed by atoms with van der Waals surface area (Å²) in [6.07, 6.45) is 9.04. The van der Waals surface area contributed by atoms with E-state index in [1.807, 2.05) is 13.0 Å². The van der Waals surface area contributed by atoms with Gasteiger partial charge in [0.1, 0.15) is 0 Å². The molecular weight excluding hydrogens is 388 g/mol. The van der Waals surface area contributed by atoms with Crippen molar-refractivity contribution in [2.24, 2.45) is 5.41 Å². The minimum atomic E-state index is -0.243. The second-order valence-electron chi connectivity index (χ2n) is 10.4. The number of aryl methyl sites for hydroxylation is 1. The average molecular weight is 423 g/mol. The van der Waals surface area contributed by atoms with Crippen LogP contribution < -0.4 is 5.32 Å². The second kappa shape index (κ2) is 8.23. The number of anilines is 1. The maximum Gasteiger partial charge on any atom is 0.291 e. The number of rotatable bonds is 4. The SMILES string of the molecule is Cc1c[nH]c(C(=O)Nc2ccc(C3CCOC(C)(C)C3)nc2C2=CCC(C)(C)CC2)n1. The first-order valence-electron chi connectivity index (χ1n) is 11.3. The molecule has 1 unspecified atom stereocenters. The fraction of sp³-hybridized carbons (Fsp3) is 0.560. The third-order valence-electron chi connectivity index (χ3n) is 6.48. The fourth-order valence-corrected chi connectivity index (χ4v) is 4.53. The van der Waals surface area contributed by atoms with Gasteiger partial charge in [-0.15, -0.1) is 0 Å². The Kier molecular flexibility index (Phi) is 5.77. The molecule has 2 aromatic rings. The number of carbonyl (C=O) groups excluding carboxylic acids is 1. The summed E-state index contributed by atoms with van der Waals surface area (Å²) in [4.78, 5) is 25.1. The van der Waals surface area contributed by atoms with Crippen LogP contribution in [0.1, 0.15) is 93.4 Å². The van der Waals surface area contributed by atoms with E-state index in [-0.39, 0.29) is 11.5 Å². The van der Waals surface area contributed by atoms with Crippen LogP contribution in [0.15, 0.2) is 24.4 Å². The normalized spacial score (nSPS) is 22.6. The highest BCUT2D eigenvalue weighted by Gasteiger charge is 2.31. The van der Waals surface area contributed by atoms with Crippen LogP contribution in [-0.2, 0) is 4.74 Å². The number of amides is 1. The maximum atomic E-state index is 12.8. The molecular formula is C25H34N4O2. The number of nitrogens with zero attached hydrogens (tertiary/aromatic N) is 2. The predicted molar refractivity (Wildman–Crippen MR) is 123 cm³/mol. The molecule has 166 valence electrons. The van der Waals surface area contributed by atoms with Crippen LogP contribution >= 0.6 is 0 Å². The monoisotopic (exact) mass is 422 g/mol. The molecule has 2 N–H and O–H groups in total. The molecule has 1 aliphatic heterocycles. The molecule has 2 aromatic heterocycles. The highest BCUT2D eigenvalue weighted by Crippen LogP contribution is 2.41. The van der Waals surface area contributed by atoms with Crippen molar-refractivity contribution in [3.63, 3.8) is 0 Å². The number of allylic oxidation sites excluding steroid dienone is 2. The van der Waals surface area contributed by atoms with Crippen molar-refractivity contribution in [2.45, 2.75) is 78.2 Å². The Bertz CT molecular complexity index is 1000. The quantitative estimate of drug-likeness (QED) is 0.669. The molecule has 31 heavy (non-hydrogen) atoms. The number of aromatic nitrogens is 3. The van der Waals surface area contributed by atoms with E-state index < -0.39 is 0 Å². The molecule has 4 rings (SSSR count). The van der Waals surface area contributed by atoms with Crippen molar-refractivity contribution >= 4 is 17.2 Å². The van der Waals surface area contributed by atoms with Gasteiger partial charge in [0.25, 0.3) is 5.91 Å². The molecule has 6 nitrogen and oxygen atoms in total. The number of imidazole rings is 1. The number of ether oxygens (including phenoxy) is 1. The minimum absolute atomic E-state index is 0.136. The molecule has 0 bridgehead atoms. The second-order valence-corrected chi connectivity index (χ2v) is 10.4. The number of nitrogens with one attached hydrogen (secondary N) is 2. The summed E-state index contributed by atoms with van der Waals surface area (Å²) in [5.41, 5.74) is 4.92. The Labute approximate surface area is 184 Å². The number of hydrogen-bond acceptors (Lipinski definition) is 4. The summed E-state index contributed by atoms with van der Waals surface area (Å²) >= 11 is 0. The van der Waals surface area contributed by atoms with E-state index in [9.17, 15) is 4.79 Å². The molecule has 3 heterocycles. The maximum absolute atomic E-state index is 12.8. The van der Waals surface area contributed by atoms with Gasteiger partial charge in [-0.25, -0.2) is 4.98 Å². The molecule has 1 aliphatic carbocycles. The lowest BCUT2D eigenvalue weighted by atomic mass is 9.77. The third kappa shape index (κ3) is 5.06. The van der Waals surface area contributed by atoms with Crippen molar-refractivity contribution in [1.29, 1.82) is 0 Å². The number of aromatic amines is 1. The average Bonchev–Trinajstić information content (AvgIpc) is 3.14. The van der Waals surface area contributed by atoms with Crippen molar-refractivity contribution < 1.29 is 9.53 Å². The van der Waals surface area contributed by atoms with Crippen LogP contribution in [0.4, 0.5) is 5.69 Å². The molecule has 2 aliphatic rings. The topological polar surface area (TPSA) is 79.9 Å². The van der Waals surface area contributed by atoms with E-state index in [0.717, 1.165) is 61.5 Å². The summed E-state index contributed by atoms with van der Waals surface area (Å²) in [6, 6.07) is 4.07. The summed E-state index contributed by atoms with van der Waals surface area (Å²) in [5.74, 6) is 0.436. The Hall–Kier alpha value is -2.47. The number of pyridine rings is 1. The van der Waals surface area contributed by atoms with Gasteiger partial charge in [-0.1, -0.05) is 19.9 Å². The van der Waals surface area contributed by atoms with Gasteiger partial charge in [0.15, 0.2) is 5.82 Å². The van der Waals surface area contributed by atoms with Crippen LogP contribution in [0.5, 0.6) is 0 Å². The van der Waals surface area contributed by atoms with E-state index in [4.69, 9.17) is 9.72 Å². The first-order chi connectivity index (χ1) is 14.6. The summed E-state index contributed by atoms with van der Waals surface area (Å²) in [5, 5.41) is 3.04. The van der Waals surface area contributed by atoms with Crippen molar-refractivity contribution in [2.75, 3.05) is 11.9 Å². The highest BCUT2D eigenvalue weighted by molar-refractivity contribution is 6.03. The van der Waals surface area contributed by atoms with Crippen LogP contribution in [0.2, 0.25) is 0 Å². The van der Waals surface area contributed by atoms with Gasteiger partial charge in [-0.05, 0) is 76.0 Å². The minimum Gasteiger partial charge on any atom is -0.376 e. The van der Waals surface area contributed by atoms with E-state index in [1.54, 1.807) is 6.20 Å². The van der Waals surface area contributed by atoms with Gasteiger partial charge in [-0.2, -0.15) is 0 Å². The lowest BCUT2D eigenvalue weighted by molar-refractivity contribution is -0.0597. The molecule has 1 amide bonds. The van der Waals surface area contributed by atoms with Gasteiger partial charge in [-0.3, -0.25) is 9.78 Å². The molecule has 0 spiro atoms. The molecule has 0 radical (unpaired) electrons. The first-order valence-corrected chi connectivity index (χ1v) is 11.3. The molecule has 1 saturated heterocycles. The van der Waals surface area contributed by atoms with E-state index in [1.165, 1.54) is 5.57 Å². The van der Waals surface area contributed by atoms with Gasteiger partial charge in [0, 0.05) is 24.4 Å². The lowest BCUT2D eigenvalue weighted by Crippen LogP contribution is -2.33. The van der Waals surface area contributed by atoms with Crippen LogP contribution in [0, 0.1) is 12.3 Å². The van der Waals surface area contributed by atoms with Crippen molar-refractivity contribution in [3.8, 4) is 0 Å². The molecule has 1 atom stereocenters. The van der Waals surface area contributed by atoms with E-state index >= 15 is 0 Å². The standard InChI is InChI=1S/C25H34N4O2/c1-16-15-26-22(27-16)23(30)29-20-7-6-19(18-10-13-31-25(4,5)14-18)28-21(20)17-8-11-24(2,3)12-9-17/h6-8,15,18H,9-14H2,1-5H3,(H,26,27)(H,29,30). The molecule has 1 fully saturated rings. The zero-order chi connectivity index (χ0) is 22.2. The Morgan fingerprint density at radius 1 is 1.23 bits per heavy atom. The Morgan fingerprint density at radius 3 is 2.68 bits per heavy atom.